The van der Waals surface area contributed by atoms with Crippen LogP contribution in [0.2, 0.25) is 0 Å². The molecule has 0 saturated carbocycles. The van der Waals surface area contributed by atoms with Crippen LogP contribution in [0.3, 0.4) is 0 Å². The lowest BCUT2D eigenvalue weighted by atomic mass is 10.1. The summed E-state index contributed by atoms with van der Waals surface area (Å²) in [6.45, 7) is 0.524. The fourth-order valence-corrected chi connectivity index (χ4v) is 2.38. The van der Waals surface area contributed by atoms with Crippen molar-refractivity contribution >= 4 is 22.7 Å². The Hall–Kier alpha value is -3.34. The minimum absolute atomic E-state index is 0.0613. The van der Waals surface area contributed by atoms with E-state index in [1.165, 1.54) is 0 Å². The predicted octanol–water partition coefficient (Wildman–Crippen LogP) is 4.95. The number of hydrogen-bond donors (Lipinski definition) is 2. The summed E-state index contributed by atoms with van der Waals surface area (Å²) in [6.07, 6.45) is 0. The molecule has 120 valence electrons. The van der Waals surface area contributed by atoms with Gasteiger partial charge in [0.25, 0.3) is 5.69 Å². The van der Waals surface area contributed by atoms with E-state index in [2.05, 4.69) is 10.6 Å². The van der Waals surface area contributed by atoms with Gasteiger partial charge in [0.15, 0.2) is 0 Å². The summed E-state index contributed by atoms with van der Waals surface area (Å²) < 4.78 is 0. The van der Waals surface area contributed by atoms with E-state index in [-0.39, 0.29) is 10.6 Å². The molecule has 0 bridgehead atoms. The van der Waals surface area contributed by atoms with E-state index in [1.807, 2.05) is 66.7 Å². The van der Waals surface area contributed by atoms with Gasteiger partial charge >= 0.3 is 0 Å². The summed E-state index contributed by atoms with van der Waals surface area (Å²) in [4.78, 5) is 11.0. The molecule has 0 atom stereocenters. The zero-order valence-corrected chi connectivity index (χ0v) is 13.0. The maximum absolute atomic E-state index is 11.4. The molecule has 0 spiro atoms. The van der Waals surface area contributed by atoms with Gasteiger partial charge in [0.1, 0.15) is 5.69 Å². The second-order valence-corrected chi connectivity index (χ2v) is 5.32. The summed E-state index contributed by atoms with van der Waals surface area (Å²) in [5.41, 5.74) is 3.19. The van der Waals surface area contributed by atoms with Gasteiger partial charge in [-0.2, -0.15) is 0 Å². The third kappa shape index (κ3) is 3.89. The third-order valence-corrected chi connectivity index (χ3v) is 3.58. The first-order valence-electron chi connectivity index (χ1n) is 7.61. The van der Waals surface area contributed by atoms with E-state index in [4.69, 9.17) is 0 Å². The molecule has 3 aromatic rings. The van der Waals surface area contributed by atoms with Gasteiger partial charge in [0, 0.05) is 24.0 Å². The number of para-hydroxylation sites is 2. The van der Waals surface area contributed by atoms with Gasteiger partial charge in [-0.25, -0.2) is 0 Å². The highest BCUT2D eigenvalue weighted by Gasteiger charge is 2.14. The molecule has 3 aromatic carbocycles. The fourth-order valence-electron chi connectivity index (χ4n) is 2.38. The molecule has 0 fully saturated rings. The molecule has 24 heavy (non-hydrogen) atoms. The highest BCUT2D eigenvalue weighted by Crippen LogP contribution is 2.28. The van der Waals surface area contributed by atoms with Crippen molar-refractivity contribution in [3.05, 3.63) is 94.5 Å². The van der Waals surface area contributed by atoms with E-state index in [9.17, 15) is 10.1 Å². The van der Waals surface area contributed by atoms with Crippen molar-refractivity contribution in [2.75, 3.05) is 10.6 Å². The number of nitrogens with one attached hydrogen (secondary N) is 2. The topological polar surface area (TPSA) is 67.2 Å². The Kier molecular flexibility index (Phi) is 4.72. The Morgan fingerprint density at radius 3 is 2.08 bits per heavy atom. The van der Waals surface area contributed by atoms with E-state index in [0.717, 1.165) is 16.9 Å². The Labute approximate surface area is 140 Å². The van der Waals surface area contributed by atoms with Crippen molar-refractivity contribution in [1.82, 2.24) is 0 Å². The van der Waals surface area contributed by atoms with Gasteiger partial charge in [-0.1, -0.05) is 42.5 Å². The monoisotopic (exact) mass is 319 g/mol. The molecular weight excluding hydrogens is 302 g/mol. The van der Waals surface area contributed by atoms with Crippen LogP contribution in [0.15, 0.2) is 78.9 Å². The van der Waals surface area contributed by atoms with E-state index in [1.54, 1.807) is 12.1 Å². The Bertz CT molecular complexity index is 821. The lowest BCUT2D eigenvalue weighted by Gasteiger charge is -2.10. The van der Waals surface area contributed by atoms with Crippen molar-refractivity contribution < 1.29 is 4.92 Å². The Morgan fingerprint density at radius 2 is 1.46 bits per heavy atom. The smallest absolute Gasteiger partial charge is 0.293 e. The largest absolute Gasteiger partial charge is 0.381 e. The van der Waals surface area contributed by atoms with Crippen molar-refractivity contribution in [2.45, 2.75) is 6.54 Å². The summed E-state index contributed by atoms with van der Waals surface area (Å²) in [6, 6.07) is 24.4. The number of nitro groups is 1. The molecule has 3 rings (SSSR count). The summed E-state index contributed by atoms with van der Waals surface area (Å²) in [5, 5.41) is 17.7. The molecule has 0 heterocycles. The third-order valence-electron chi connectivity index (χ3n) is 3.58. The summed E-state index contributed by atoms with van der Waals surface area (Å²) in [5.74, 6) is 0. The molecule has 5 heteroatoms. The molecule has 2 N–H and O–H groups in total. The minimum Gasteiger partial charge on any atom is -0.381 e. The molecule has 5 nitrogen and oxygen atoms in total. The number of nitrogens with zero attached hydrogens (tertiary/aromatic N) is 1. The van der Waals surface area contributed by atoms with Crippen LogP contribution >= 0.6 is 0 Å². The van der Waals surface area contributed by atoms with Crippen LogP contribution in [0, 0.1) is 10.1 Å². The van der Waals surface area contributed by atoms with Crippen LogP contribution < -0.4 is 10.6 Å². The van der Waals surface area contributed by atoms with E-state index in [0.29, 0.717) is 12.2 Å². The number of hydrogen-bond acceptors (Lipinski definition) is 4. The Balaban J connectivity index is 1.78. The lowest BCUT2D eigenvalue weighted by molar-refractivity contribution is -0.384. The predicted molar refractivity (Wildman–Crippen MR) is 96.6 cm³/mol. The first kappa shape index (κ1) is 15.6. The maximum atomic E-state index is 11.4. The SMILES string of the molecule is O=[N+]([O-])c1cc(CNc2ccccc2)ccc1Nc1ccccc1. The van der Waals surface area contributed by atoms with Gasteiger partial charge < -0.3 is 10.6 Å². The zero-order chi connectivity index (χ0) is 16.8. The lowest BCUT2D eigenvalue weighted by Crippen LogP contribution is -2.02. The van der Waals surface area contributed by atoms with Gasteiger partial charge in [0.2, 0.25) is 0 Å². The van der Waals surface area contributed by atoms with E-state index < -0.39 is 0 Å². The highest BCUT2D eigenvalue weighted by atomic mass is 16.6. The fraction of sp³-hybridized carbons (Fsp3) is 0.0526. The maximum Gasteiger partial charge on any atom is 0.293 e. The van der Waals surface area contributed by atoms with Crippen LogP contribution in [0.25, 0.3) is 0 Å². The summed E-state index contributed by atoms with van der Waals surface area (Å²) >= 11 is 0. The molecule has 0 aliphatic carbocycles. The van der Waals surface area contributed by atoms with Gasteiger partial charge in [-0.05, 0) is 35.9 Å². The van der Waals surface area contributed by atoms with Crippen molar-refractivity contribution in [2.24, 2.45) is 0 Å². The van der Waals surface area contributed by atoms with Crippen LogP contribution in [0.1, 0.15) is 5.56 Å². The molecule has 0 radical (unpaired) electrons. The standard InChI is InChI=1S/C19H17N3O2/c23-22(24)19-13-15(14-20-16-7-3-1-4-8-16)11-12-18(19)21-17-9-5-2-6-10-17/h1-13,20-21H,14H2. The average Bonchev–Trinajstić information content (AvgIpc) is 2.62. The molecule has 0 aliphatic rings. The normalized spacial score (nSPS) is 10.2. The number of rotatable bonds is 6. The van der Waals surface area contributed by atoms with Crippen LogP contribution in [0.5, 0.6) is 0 Å². The van der Waals surface area contributed by atoms with Gasteiger partial charge in [-0.3, -0.25) is 10.1 Å². The number of benzene rings is 3. The number of nitro benzene ring substituents is 1. The highest BCUT2D eigenvalue weighted by molar-refractivity contribution is 5.70. The Morgan fingerprint density at radius 1 is 0.833 bits per heavy atom. The molecule has 0 saturated heterocycles. The quantitative estimate of drug-likeness (QED) is 0.498. The molecule has 0 amide bonds. The molecule has 0 aliphatic heterocycles. The van der Waals surface area contributed by atoms with Crippen molar-refractivity contribution in [3.8, 4) is 0 Å². The molecule has 0 aromatic heterocycles. The summed E-state index contributed by atoms with van der Waals surface area (Å²) in [7, 11) is 0. The van der Waals surface area contributed by atoms with Crippen molar-refractivity contribution in [3.63, 3.8) is 0 Å². The first-order valence-corrected chi connectivity index (χ1v) is 7.61. The molecule has 0 unspecified atom stereocenters. The average molecular weight is 319 g/mol. The van der Waals surface area contributed by atoms with Crippen LogP contribution in [0.4, 0.5) is 22.7 Å². The van der Waals surface area contributed by atoms with Crippen LogP contribution in [-0.4, -0.2) is 4.92 Å². The second kappa shape index (κ2) is 7.28. The first-order chi connectivity index (χ1) is 11.7. The van der Waals surface area contributed by atoms with Crippen molar-refractivity contribution in [1.29, 1.82) is 0 Å². The minimum atomic E-state index is -0.364. The zero-order valence-electron chi connectivity index (χ0n) is 13.0. The van der Waals surface area contributed by atoms with Gasteiger partial charge in [-0.15, -0.1) is 0 Å². The van der Waals surface area contributed by atoms with Crippen LogP contribution in [-0.2, 0) is 6.54 Å². The van der Waals surface area contributed by atoms with Gasteiger partial charge in [0.05, 0.1) is 4.92 Å². The van der Waals surface area contributed by atoms with E-state index >= 15 is 0 Å². The number of anilines is 3. The second-order valence-electron chi connectivity index (χ2n) is 5.32. The molecular formula is C19H17N3O2.